The number of carbonyl (C=O) groups is 1. The maximum absolute atomic E-state index is 12.4. The molecule has 0 fully saturated rings. The second kappa shape index (κ2) is 9.14. The predicted octanol–water partition coefficient (Wildman–Crippen LogP) is 4.02. The average Bonchev–Trinajstić information content (AvgIpc) is 2.66. The van der Waals surface area contributed by atoms with E-state index in [1.165, 1.54) is 0 Å². The number of hydrogen-bond acceptors (Lipinski definition) is 4. The normalized spacial score (nSPS) is 10.4. The smallest absolute Gasteiger partial charge is 0.270 e. The number of anilines is 1. The molecule has 0 aliphatic rings. The Hall–Kier alpha value is -2.92. The van der Waals surface area contributed by atoms with E-state index in [2.05, 4.69) is 20.6 Å². The average molecular weight is 381 g/mol. The van der Waals surface area contributed by atoms with Crippen LogP contribution in [0.15, 0.2) is 60.7 Å². The van der Waals surface area contributed by atoms with Crippen molar-refractivity contribution in [1.82, 2.24) is 15.3 Å². The molecular formula is C21H21ClN4O. The second-order valence-electron chi connectivity index (χ2n) is 6.16. The zero-order valence-electron chi connectivity index (χ0n) is 15.1. The zero-order valence-corrected chi connectivity index (χ0v) is 15.8. The Balaban J connectivity index is 1.59. The van der Waals surface area contributed by atoms with Crippen LogP contribution in [0.4, 0.5) is 5.82 Å². The first-order chi connectivity index (χ1) is 13.1. The van der Waals surface area contributed by atoms with E-state index < -0.39 is 0 Å². The lowest BCUT2D eigenvalue weighted by atomic mass is 10.1. The van der Waals surface area contributed by atoms with Gasteiger partial charge in [0.1, 0.15) is 17.3 Å². The number of nitrogens with zero attached hydrogens (tertiary/aromatic N) is 2. The van der Waals surface area contributed by atoms with Gasteiger partial charge in [0.15, 0.2) is 0 Å². The fourth-order valence-electron chi connectivity index (χ4n) is 2.67. The number of benzene rings is 2. The van der Waals surface area contributed by atoms with Crippen molar-refractivity contribution >= 4 is 23.3 Å². The van der Waals surface area contributed by atoms with Gasteiger partial charge >= 0.3 is 0 Å². The highest BCUT2D eigenvalue weighted by molar-refractivity contribution is 6.30. The van der Waals surface area contributed by atoms with E-state index in [-0.39, 0.29) is 5.91 Å². The summed E-state index contributed by atoms with van der Waals surface area (Å²) in [5, 5.41) is 6.86. The summed E-state index contributed by atoms with van der Waals surface area (Å²) in [5.74, 6) is 0.962. The third kappa shape index (κ3) is 5.79. The summed E-state index contributed by atoms with van der Waals surface area (Å²) < 4.78 is 0. The number of hydrogen-bond donors (Lipinski definition) is 2. The van der Waals surface area contributed by atoms with Crippen molar-refractivity contribution in [1.29, 1.82) is 0 Å². The first kappa shape index (κ1) is 18.9. The number of amides is 1. The largest absolute Gasteiger partial charge is 0.370 e. The number of aryl methyl sites for hydroxylation is 1. The highest BCUT2D eigenvalue weighted by atomic mass is 35.5. The summed E-state index contributed by atoms with van der Waals surface area (Å²) in [6, 6.07) is 19.2. The maximum atomic E-state index is 12.4. The van der Waals surface area contributed by atoms with Gasteiger partial charge in [0, 0.05) is 24.2 Å². The molecule has 27 heavy (non-hydrogen) atoms. The molecular weight excluding hydrogens is 360 g/mol. The minimum absolute atomic E-state index is 0.220. The SMILES string of the molecule is Cc1nc(NCCc2cccc(Cl)c2)cc(C(=O)NCc2ccccc2)n1. The number of rotatable bonds is 7. The molecule has 0 radical (unpaired) electrons. The minimum Gasteiger partial charge on any atom is -0.370 e. The van der Waals surface area contributed by atoms with Crippen LogP contribution in [-0.2, 0) is 13.0 Å². The fourth-order valence-corrected chi connectivity index (χ4v) is 2.88. The molecule has 2 aromatic carbocycles. The minimum atomic E-state index is -0.220. The number of nitrogens with one attached hydrogen (secondary N) is 2. The molecule has 1 heterocycles. The number of halogens is 1. The first-order valence-corrected chi connectivity index (χ1v) is 9.14. The van der Waals surface area contributed by atoms with Crippen molar-refractivity contribution in [2.45, 2.75) is 19.9 Å². The van der Waals surface area contributed by atoms with Crippen molar-refractivity contribution < 1.29 is 4.79 Å². The molecule has 0 spiro atoms. The molecule has 0 saturated heterocycles. The molecule has 1 aromatic heterocycles. The summed E-state index contributed by atoms with van der Waals surface area (Å²) in [4.78, 5) is 21.0. The molecule has 0 bridgehead atoms. The predicted molar refractivity (Wildman–Crippen MR) is 108 cm³/mol. The van der Waals surface area contributed by atoms with Gasteiger partial charge in [-0.1, -0.05) is 54.1 Å². The quantitative estimate of drug-likeness (QED) is 0.649. The second-order valence-corrected chi connectivity index (χ2v) is 6.60. The Kier molecular flexibility index (Phi) is 6.39. The molecule has 0 saturated carbocycles. The molecule has 1 amide bonds. The highest BCUT2D eigenvalue weighted by Gasteiger charge is 2.10. The lowest BCUT2D eigenvalue weighted by Gasteiger charge is -2.09. The lowest BCUT2D eigenvalue weighted by molar-refractivity contribution is 0.0945. The van der Waals surface area contributed by atoms with Gasteiger partial charge in [-0.05, 0) is 36.6 Å². The molecule has 3 aromatic rings. The zero-order chi connectivity index (χ0) is 19.1. The van der Waals surface area contributed by atoms with E-state index in [9.17, 15) is 4.79 Å². The van der Waals surface area contributed by atoms with Crippen molar-refractivity contribution in [2.24, 2.45) is 0 Å². The van der Waals surface area contributed by atoms with E-state index in [1.54, 1.807) is 13.0 Å². The third-order valence-corrected chi connectivity index (χ3v) is 4.21. The van der Waals surface area contributed by atoms with Crippen molar-refractivity contribution in [3.05, 3.63) is 88.3 Å². The van der Waals surface area contributed by atoms with Gasteiger partial charge in [0.05, 0.1) is 0 Å². The Labute approximate surface area is 163 Å². The molecule has 0 aliphatic carbocycles. The van der Waals surface area contributed by atoms with Crippen LogP contribution in [0.25, 0.3) is 0 Å². The van der Waals surface area contributed by atoms with Crippen LogP contribution in [-0.4, -0.2) is 22.4 Å². The van der Waals surface area contributed by atoms with Crippen LogP contribution < -0.4 is 10.6 Å². The van der Waals surface area contributed by atoms with Crippen molar-refractivity contribution in [3.8, 4) is 0 Å². The van der Waals surface area contributed by atoms with Crippen LogP contribution in [0, 0.1) is 6.92 Å². The van der Waals surface area contributed by atoms with Gasteiger partial charge in [-0.15, -0.1) is 0 Å². The van der Waals surface area contributed by atoms with Gasteiger partial charge in [0.2, 0.25) is 0 Å². The van der Waals surface area contributed by atoms with Crippen molar-refractivity contribution in [2.75, 3.05) is 11.9 Å². The Bertz CT molecular complexity index is 915. The lowest BCUT2D eigenvalue weighted by Crippen LogP contribution is -2.24. The van der Waals surface area contributed by atoms with E-state index >= 15 is 0 Å². The maximum Gasteiger partial charge on any atom is 0.270 e. The number of carbonyl (C=O) groups excluding carboxylic acids is 1. The van der Waals surface area contributed by atoms with E-state index in [4.69, 9.17) is 11.6 Å². The summed E-state index contributed by atoms with van der Waals surface area (Å²) in [6.45, 7) is 2.91. The topological polar surface area (TPSA) is 66.9 Å². The molecule has 0 unspecified atom stereocenters. The van der Waals surface area contributed by atoms with Crippen molar-refractivity contribution in [3.63, 3.8) is 0 Å². The summed E-state index contributed by atoms with van der Waals surface area (Å²) >= 11 is 6.01. The van der Waals surface area contributed by atoms with Crippen LogP contribution in [0.1, 0.15) is 27.4 Å². The Morgan fingerprint density at radius 2 is 1.78 bits per heavy atom. The van der Waals surface area contributed by atoms with Crippen LogP contribution >= 0.6 is 11.6 Å². The first-order valence-electron chi connectivity index (χ1n) is 8.76. The summed E-state index contributed by atoms with van der Waals surface area (Å²) in [6.07, 6.45) is 0.805. The molecule has 0 aliphatic heterocycles. The number of aromatic nitrogens is 2. The molecule has 3 rings (SSSR count). The standard InChI is InChI=1S/C21H21ClN4O/c1-15-25-19(21(27)24-14-17-6-3-2-4-7-17)13-20(26-15)23-11-10-16-8-5-9-18(22)12-16/h2-9,12-13H,10-11,14H2,1H3,(H,24,27)(H,23,25,26). The summed E-state index contributed by atoms with van der Waals surface area (Å²) in [5.41, 5.74) is 2.53. The van der Waals surface area contributed by atoms with Gasteiger partial charge in [-0.2, -0.15) is 0 Å². The van der Waals surface area contributed by atoms with E-state index in [0.717, 1.165) is 22.6 Å². The Morgan fingerprint density at radius 3 is 2.56 bits per heavy atom. The molecule has 5 nitrogen and oxygen atoms in total. The molecule has 2 N–H and O–H groups in total. The Morgan fingerprint density at radius 1 is 1.00 bits per heavy atom. The van der Waals surface area contributed by atoms with Crippen LogP contribution in [0.2, 0.25) is 5.02 Å². The van der Waals surface area contributed by atoms with Gasteiger partial charge in [-0.3, -0.25) is 4.79 Å². The van der Waals surface area contributed by atoms with Gasteiger partial charge in [0.25, 0.3) is 5.91 Å². The van der Waals surface area contributed by atoms with Gasteiger partial charge in [-0.25, -0.2) is 9.97 Å². The summed E-state index contributed by atoms with van der Waals surface area (Å²) in [7, 11) is 0. The van der Waals surface area contributed by atoms with Gasteiger partial charge < -0.3 is 10.6 Å². The van der Waals surface area contributed by atoms with Crippen LogP contribution in [0.3, 0.4) is 0 Å². The molecule has 6 heteroatoms. The molecule has 0 atom stereocenters. The fraction of sp³-hybridized carbons (Fsp3) is 0.190. The van der Waals surface area contributed by atoms with E-state index in [0.29, 0.717) is 30.4 Å². The van der Waals surface area contributed by atoms with E-state index in [1.807, 2.05) is 54.6 Å². The third-order valence-electron chi connectivity index (χ3n) is 3.98. The molecule has 138 valence electrons. The highest BCUT2D eigenvalue weighted by Crippen LogP contribution is 2.12. The monoisotopic (exact) mass is 380 g/mol. The van der Waals surface area contributed by atoms with Crippen LogP contribution in [0.5, 0.6) is 0 Å².